The van der Waals surface area contributed by atoms with E-state index >= 15 is 0 Å². The third kappa shape index (κ3) is 3.80. The van der Waals surface area contributed by atoms with E-state index in [1.807, 2.05) is 12.1 Å². The molecule has 2 aromatic rings. The van der Waals surface area contributed by atoms with Gasteiger partial charge in [-0.3, -0.25) is 14.5 Å². The number of amides is 2. The van der Waals surface area contributed by atoms with Crippen LogP contribution in [0.2, 0.25) is 0 Å². The van der Waals surface area contributed by atoms with Gasteiger partial charge in [-0.15, -0.1) is 0 Å². The van der Waals surface area contributed by atoms with Gasteiger partial charge >= 0.3 is 0 Å². The van der Waals surface area contributed by atoms with E-state index in [9.17, 15) is 14.0 Å². The molecule has 7 heteroatoms. The molecule has 0 bridgehead atoms. The van der Waals surface area contributed by atoms with Gasteiger partial charge in [-0.1, -0.05) is 12.1 Å². The number of halogens is 1. The number of nitrogens with one attached hydrogen (secondary N) is 1. The third-order valence-corrected chi connectivity index (χ3v) is 5.56. The van der Waals surface area contributed by atoms with Crippen molar-refractivity contribution < 1.29 is 18.4 Å². The number of nitrogens with zero attached hydrogens (tertiary/aromatic N) is 2. The number of carbonyl (C=O) groups is 2. The zero-order chi connectivity index (χ0) is 19.5. The van der Waals surface area contributed by atoms with Crippen molar-refractivity contribution in [1.29, 1.82) is 0 Å². The van der Waals surface area contributed by atoms with E-state index in [0.717, 1.165) is 31.7 Å². The van der Waals surface area contributed by atoms with Crippen LogP contribution in [0.4, 0.5) is 10.1 Å². The number of rotatable bonds is 6. The Morgan fingerprint density at radius 2 is 2.00 bits per heavy atom. The van der Waals surface area contributed by atoms with Crippen LogP contribution in [0.1, 0.15) is 31.1 Å². The second-order valence-electron chi connectivity index (χ2n) is 7.38. The Morgan fingerprint density at radius 1 is 1.21 bits per heavy atom. The van der Waals surface area contributed by atoms with Gasteiger partial charge in [0.05, 0.1) is 23.9 Å². The minimum Gasteiger partial charge on any atom is -0.468 e. The highest BCUT2D eigenvalue weighted by Crippen LogP contribution is 2.28. The first kappa shape index (κ1) is 18.7. The number of para-hydroxylation sites is 1. The van der Waals surface area contributed by atoms with Crippen molar-refractivity contribution in [3.8, 4) is 0 Å². The van der Waals surface area contributed by atoms with Crippen LogP contribution in [0.5, 0.6) is 0 Å². The quantitative estimate of drug-likeness (QED) is 0.830. The topological polar surface area (TPSA) is 65.8 Å². The van der Waals surface area contributed by atoms with Gasteiger partial charge in [0, 0.05) is 19.5 Å². The zero-order valence-corrected chi connectivity index (χ0v) is 15.6. The molecule has 2 atom stereocenters. The van der Waals surface area contributed by atoms with Gasteiger partial charge in [0.1, 0.15) is 11.6 Å². The van der Waals surface area contributed by atoms with E-state index in [1.54, 1.807) is 24.5 Å². The van der Waals surface area contributed by atoms with Crippen molar-refractivity contribution in [1.82, 2.24) is 10.2 Å². The van der Waals surface area contributed by atoms with Gasteiger partial charge in [-0.05, 0) is 50.2 Å². The lowest BCUT2D eigenvalue weighted by atomic mass is 10.1. The lowest BCUT2D eigenvalue weighted by Gasteiger charge is -2.26. The predicted octanol–water partition coefficient (Wildman–Crippen LogP) is 2.72. The zero-order valence-electron chi connectivity index (χ0n) is 15.6. The summed E-state index contributed by atoms with van der Waals surface area (Å²) < 4.78 is 19.6. The number of likely N-dealkylation sites (tertiary alicyclic amines) is 1. The summed E-state index contributed by atoms with van der Waals surface area (Å²) in [5.74, 6) is -0.514. The van der Waals surface area contributed by atoms with Crippen LogP contribution in [0.3, 0.4) is 0 Å². The van der Waals surface area contributed by atoms with E-state index in [1.165, 1.54) is 11.0 Å². The molecule has 2 fully saturated rings. The molecule has 2 amide bonds. The third-order valence-electron chi connectivity index (χ3n) is 5.56. The summed E-state index contributed by atoms with van der Waals surface area (Å²) >= 11 is 0. The molecule has 0 aliphatic carbocycles. The van der Waals surface area contributed by atoms with E-state index in [-0.39, 0.29) is 36.5 Å². The molecule has 1 N–H and O–H groups in total. The highest BCUT2D eigenvalue weighted by atomic mass is 19.1. The van der Waals surface area contributed by atoms with Crippen LogP contribution < -0.4 is 10.2 Å². The van der Waals surface area contributed by atoms with E-state index < -0.39 is 11.7 Å². The number of anilines is 1. The fourth-order valence-corrected chi connectivity index (χ4v) is 4.07. The maximum absolute atomic E-state index is 14.0. The normalized spacial score (nSPS) is 21.2. The predicted molar refractivity (Wildman–Crippen MR) is 102 cm³/mol. The molecular formula is C21H24FN3O3. The van der Waals surface area contributed by atoms with E-state index in [0.29, 0.717) is 6.54 Å². The molecule has 0 saturated carbocycles. The number of hydrogen-bond acceptors (Lipinski definition) is 4. The van der Waals surface area contributed by atoms with Crippen molar-refractivity contribution in [3.05, 3.63) is 54.2 Å². The Kier molecular flexibility index (Phi) is 5.43. The molecule has 28 heavy (non-hydrogen) atoms. The Balaban J connectivity index is 1.39. The number of carbonyl (C=O) groups excluding carboxylic acids is 2. The van der Waals surface area contributed by atoms with Gasteiger partial charge in [-0.2, -0.15) is 0 Å². The van der Waals surface area contributed by atoms with Gasteiger partial charge in [0.2, 0.25) is 11.8 Å². The first-order valence-electron chi connectivity index (χ1n) is 9.73. The fourth-order valence-electron chi connectivity index (χ4n) is 4.07. The summed E-state index contributed by atoms with van der Waals surface area (Å²) in [6.45, 7) is 2.58. The largest absolute Gasteiger partial charge is 0.468 e. The monoisotopic (exact) mass is 385 g/mol. The standard InChI is InChI=1S/C21H24FN3O3/c22-16-6-1-2-7-17(16)25-14-15(12-20(25)26)21(27)23-13-18(19-8-5-11-28-19)24-9-3-4-10-24/h1-2,5-8,11,15,18H,3-4,9-10,12-14H2,(H,23,27)/t15-,18-/m1/s1. The van der Waals surface area contributed by atoms with E-state index in [2.05, 4.69) is 10.2 Å². The molecule has 3 heterocycles. The molecular weight excluding hydrogens is 361 g/mol. The van der Waals surface area contributed by atoms with Crippen molar-refractivity contribution in [2.24, 2.45) is 5.92 Å². The molecule has 1 aromatic carbocycles. The molecule has 6 nitrogen and oxygen atoms in total. The molecule has 148 valence electrons. The summed E-state index contributed by atoms with van der Waals surface area (Å²) in [4.78, 5) is 28.7. The molecule has 2 aliphatic heterocycles. The smallest absolute Gasteiger partial charge is 0.227 e. The molecule has 2 aliphatic rings. The van der Waals surface area contributed by atoms with Crippen LogP contribution in [0, 0.1) is 11.7 Å². The first-order valence-corrected chi connectivity index (χ1v) is 9.73. The second kappa shape index (κ2) is 8.14. The number of benzene rings is 1. The minimum absolute atomic E-state index is 0.0128. The summed E-state index contributed by atoms with van der Waals surface area (Å²) in [6.07, 6.45) is 4.01. The first-order chi connectivity index (χ1) is 13.6. The SMILES string of the molecule is O=C(NC[C@H](c1ccco1)N1CCCC1)[C@@H]1CC(=O)N(c2ccccc2F)C1. The Morgan fingerprint density at radius 3 is 2.71 bits per heavy atom. The summed E-state index contributed by atoms with van der Waals surface area (Å²) in [5, 5.41) is 2.98. The lowest BCUT2D eigenvalue weighted by Crippen LogP contribution is -2.39. The van der Waals surface area contributed by atoms with E-state index in [4.69, 9.17) is 4.42 Å². The van der Waals surface area contributed by atoms with Gasteiger partial charge in [0.25, 0.3) is 0 Å². The van der Waals surface area contributed by atoms with Crippen molar-refractivity contribution >= 4 is 17.5 Å². The molecule has 1 aromatic heterocycles. The lowest BCUT2D eigenvalue weighted by molar-refractivity contribution is -0.126. The molecule has 0 unspecified atom stereocenters. The summed E-state index contributed by atoms with van der Waals surface area (Å²) in [7, 11) is 0. The number of hydrogen-bond donors (Lipinski definition) is 1. The Hall–Kier alpha value is -2.67. The second-order valence-corrected chi connectivity index (χ2v) is 7.38. The average molecular weight is 385 g/mol. The summed E-state index contributed by atoms with van der Waals surface area (Å²) in [5.41, 5.74) is 0.230. The van der Waals surface area contributed by atoms with Crippen molar-refractivity contribution in [2.45, 2.75) is 25.3 Å². The highest BCUT2D eigenvalue weighted by Gasteiger charge is 2.36. The van der Waals surface area contributed by atoms with Crippen molar-refractivity contribution in [2.75, 3.05) is 31.1 Å². The Bertz CT molecular complexity index is 833. The minimum atomic E-state index is -0.483. The van der Waals surface area contributed by atoms with Crippen LogP contribution in [0.15, 0.2) is 47.1 Å². The molecule has 0 spiro atoms. The Labute approximate surface area is 163 Å². The molecule has 0 radical (unpaired) electrons. The highest BCUT2D eigenvalue weighted by molar-refractivity contribution is 6.00. The number of furan rings is 1. The molecule has 2 saturated heterocycles. The molecule has 4 rings (SSSR count). The van der Waals surface area contributed by atoms with Crippen LogP contribution >= 0.6 is 0 Å². The van der Waals surface area contributed by atoms with Crippen LogP contribution in [0.25, 0.3) is 0 Å². The maximum Gasteiger partial charge on any atom is 0.227 e. The maximum atomic E-state index is 14.0. The van der Waals surface area contributed by atoms with Gasteiger partial charge in [-0.25, -0.2) is 4.39 Å². The van der Waals surface area contributed by atoms with Crippen LogP contribution in [-0.2, 0) is 9.59 Å². The average Bonchev–Trinajstić information content (AvgIpc) is 3.45. The van der Waals surface area contributed by atoms with Crippen molar-refractivity contribution in [3.63, 3.8) is 0 Å². The summed E-state index contributed by atoms with van der Waals surface area (Å²) in [6, 6.07) is 9.91. The fraction of sp³-hybridized carbons (Fsp3) is 0.429. The van der Waals surface area contributed by atoms with Crippen LogP contribution in [-0.4, -0.2) is 42.9 Å². The van der Waals surface area contributed by atoms with Gasteiger partial charge < -0.3 is 14.6 Å². The van der Waals surface area contributed by atoms with Gasteiger partial charge in [0.15, 0.2) is 0 Å².